The van der Waals surface area contributed by atoms with Crippen LogP contribution in [0.1, 0.15) is 165 Å². The van der Waals surface area contributed by atoms with Crippen LogP contribution in [-0.4, -0.2) is 70.2 Å². The number of benzene rings is 4. The summed E-state index contributed by atoms with van der Waals surface area (Å²) in [5, 5.41) is 32.7. The van der Waals surface area contributed by atoms with E-state index in [-0.39, 0.29) is 71.7 Å². The number of nitrogens with one attached hydrogen (secondary N) is 2. The van der Waals surface area contributed by atoms with Crippen LogP contribution >= 0.6 is 0 Å². The second-order valence-electron chi connectivity index (χ2n) is 22.9. The number of anilines is 2. The highest BCUT2D eigenvalue weighted by atomic mass is 16.6. The van der Waals surface area contributed by atoms with E-state index < -0.39 is 23.4 Å². The van der Waals surface area contributed by atoms with E-state index in [1.807, 2.05) is 53.7 Å². The lowest BCUT2D eigenvalue weighted by Gasteiger charge is -2.50. The minimum absolute atomic E-state index is 0.0120. The Morgan fingerprint density at radius 2 is 0.861 bits per heavy atom. The predicted octanol–water partition coefficient (Wildman–Crippen LogP) is 10.4. The minimum Gasteiger partial charge on any atom is -0.595 e. The number of fused-ring (bicyclic) bond motifs is 6. The molecule has 2 amide bonds. The highest BCUT2D eigenvalue weighted by Crippen LogP contribution is 2.53. The van der Waals surface area contributed by atoms with Crippen molar-refractivity contribution < 1.29 is 29.3 Å². The number of amides is 2. The zero-order chi connectivity index (χ0) is 50.6. The molecule has 384 valence electrons. The molecule has 12 nitrogen and oxygen atoms in total. The van der Waals surface area contributed by atoms with Crippen LogP contribution in [0.15, 0.2) is 119 Å². The molecular weight excluding hydrogens is 901 g/mol. The third kappa shape index (κ3) is 11.6. The average Bonchev–Trinajstić information content (AvgIpc) is 3.37. The summed E-state index contributed by atoms with van der Waals surface area (Å²) in [6.07, 6.45) is 9.94. The van der Waals surface area contributed by atoms with Crippen molar-refractivity contribution in [1.82, 2.24) is 9.80 Å². The van der Waals surface area contributed by atoms with Crippen molar-refractivity contribution in [3.8, 4) is 0 Å². The Labute approximate surface area is 427 Å². The Morgan fingerprint density at radius 1 is 0.500 bits per heavy atom. The van der Waals surface area contributed by atoms with Gasteiger partial charge in [0.1, 0.15) is 12.2 Å². The summed E-state index contributed by atoms with van der Waals surface area (Å²) < 4.78 is 10.9. The Bertz CT molecular complexity index is 2360. The predicted molar refractivity (Wildman–Crippen MR) is 281 cm³/mol. The first kappa shape index (κ1) is 50.9. The van der Waals surface area contributed by atoms with Gasteiger partial charge in [0, 0.05) is 47.5 Å². The van der Waals surface area contributed by atoms with Gasteiger partial charge in [0.05, 0.1) is 48.1 Å². The molecule has 2 saturated carbocycles. The number of aliphatic imine (C=N–C) groups is 2. The number of likely N-dealkylation sites (tertiary alicyclic amines) is 2. The number of hydrogen-bond donors (Lipinski definition) is 2. The molecule has 4 aliphatic heterocycles. The van der Waals surface area contributed by atoms with Crippen molar-refractivity contribution in [2.24, 2.45) is 33.7 Å². The first-order valence-electron chi connectivity index (χ1n) is 26.9. The zero-order valence-electron chi connectivity index (χ0n) is 43.3. The molecule has 0 unspecified atom stereocenters. The molecule has 4 aromatic carbocycles. The van der Waals surface area contributed by atoms with Crippen LogP contribution in [-0.2, 0) is 19.1 Å². The topological polar surface area (TPSA) is 154 Å². The maximum atomic E-state index is 14.2. The van der Waals surface area contributed by atoms with Gasteiger partial charge in [-0.1, -0.05) is 164 Å². The van der Waals surface area contributed by atoms with Gasteiger partial charge >= 0.3 is 0 Å². The first-order valence-corrected chi connectivity index (χ1v) is 26.9. The molecule has 10 rings (SSSR count). The minimum atomic E-state index is -0.597. The molecule has 12 heteroatoms. The molecule has 2 N–H and O–H groups in total. The fourth-order valence-electron chi connectivity index (χ4n) is 12.7. The summed E-state index contributed by atoms with van der Waals surface area (Å²) >= 11 is 0. The van der Waals surface area contributed by atoms with Crippen LogP contribution < -0.4 is 20.8 Å². The zero-order valence-corrected chi connectivity index (χ0v) is 43.3. The van der Waals surface area contributed by atoms with Gasteiger partial charge in [0.2, 0.25) is 11.8 Å². The van der Waals surface area contributed by atoms with Crippen molar-refractivity contribution >= 4 is 35.4 Å². The summed E-state index contributed by atoms with van der Waals surface area (Å²) in [7, 11) is 0. The van der Waals surface area contributed by atoms with Crippen molar-refractivity contribution in [2.75, 3.05) is 23.7 Å². The molecule has 2 saturated heterocycles. The lowest BCUT2D eigenvalue weighted by molar-refractivity contribution is -0.262. The fraction of sp³-hybridized carbons (Fsp3) is 0.533. The van der Waals surface area contributed by atoms with Gasteiger partial charge in [-0.15, -0.1) is 0 Å². The Balaban J connectivity index is 0.000000178. The maximum absolute atomic E-state index is 14.2. The molecule has 4 fully saturated rings. The van der Waals surface area contributed by atoms with Crippen molar-refractivity contribution in [3.05, 3.63) is 131 Å². The molecule has 0 spiro atoms. The smallest absolute Gasteiger partial charge is 0.228 e. The van der Waals surface area contributed by atoms with Crippen LogP contribution in [0.3, 0.4) is 0 Å². The molecule has 2 aliphatic carbocycles. The average molecular weight is 977 g/mol. The first-order chi connectivity index (χ1) is 34.6. The van der Waals surface area contributed by atoms with Gasteiger partial charge < -0.3 is 40.1 Å². The van der Waals surface area contributed by atoms with Crippen LogP contribution in [0.5, 0.6) is 0 Å². The quantitative estimate of drug-likeness (QED) is 0.143. The summed E-state index contributed by atoms with van der Waals surface area (Å²) in [4.78, 5) is 41.5. The van der Waals surface area contributed by atoms with E-state index in [2.05, 4.69) is 127 Å². The highest BCUT2D eigenvalue weighted by Gasteiger charge is 2.48. The molecule has 10 atom stereocenters. The van der Waals surface area contributed by atoms with E-state index in [0.717, 1.165) is 102 Å². The van der Waals surface area contributed by atoms with E-state index in [9.17, 15) is 19.8 Å². The summed E-state index contributed by atoms with van der Waals surface area (Å²) in [5.41, 5.74) is 5.91. The van der Waals surface area contributed by atoms with Gasteiger partial charge in [0.25, 0.3) is 0 Å². The molecule has 0 aromatic heterocycles. The molecule has 0 radical (unpaired) electrons. The molecule has 4 heterocycles. The largest absolute Gasteiger partial charge is 0.595 e. The summed E-state index contributed by atoms with van der Waals surface area (Å²) in [6.45, 7) is 12.5. The number of piperidine rings is 2. The lowest BCUT2D eigenvalue weighted by atomic mass is 9.73. The molecule has 4 aromatic rings. The summed E-state index contributed by atoms with van der Waals surface area (Å²) in [5.74, 6) is 0.301. The Hall–Kier alpha value is -6.04. The normalized spacial score (nSPS) is 28.5. The van der Waals surface area contributed by atoms with Gasteiger partial charge in [-0.05, 0) is 85.8 Å². The number of para-hydroxylation sites is 2. The molecule has 0 bridgehead atoms. The summed E-state index contributed by atoms with van der Waals surface area (Å²) in [6, 6.07) is 37.7. The SMILES string of the molecule is CC(C)(C)OC([O-])=N[C@@H]1CCCC[C@@H]1C(=O)N1CCC[C@@H]2[C@H](c3ccccc3)Nc3ccccc3[C@@H]21.CC(C)(C)OC([O-])=N[C@@H]1CCCC[C@@H]1C(=O)N1CCC[C@H]2[C@@H](c3ccccc3)Nc3ccccc3[C@H]21. The van der Waals surface area contributed by atoms with Gasteiger partial charge in [0.15, 0.2) is 0 Å². The standard InChI is InChI=1S/2C30H39N3O3/c2*1-30(2,3)36-29(35)32-25-18-10-8-15-22(25)28(34)33-19-11-16-23-26(20-12-5-4-6-13-20)31-24-17-9-7-14-21(24)27(23)33/h2*4-7,9,12-14,17,22-23,25-27,31H,8,10-11,15-16,18-19H2,1-3H3,(H,32,35)/p-2/t22-,23+,25+,26-,27-;22-,23-,25+,26+,27+/m00/s1. The van der Waals surface area contributed by atoms with Crippen LogP contribution in [0.25, 0.3) is 0 Å². The third-order valence-corrected chi connectivity index (χ3v) is 15.7. The van der Waals surface area contributed by atoms with E-state index >= 15 is 0 Å². The number of ether oxygens (including phenoxy) is 2. The Kier molecular flexibility index (Phi) is 15.5. The maximum Gasteiger partial charge on any atom is 0.228 e. The van der Waals surface area contributed by atoms with E-state index in [4.69, 9.17) is 9.47 Å². The van der Waals surface area contributed by atoms with Gasteiger partial charge in [-0.25, -0.2) is 0 Å². The third-order valence-electron chi connectivity index (χ3n) is 15.7. The lowest BCUT2D eigenvalue weighted by Crippen LogP contribution is -2.51. The highest BCUT2D eigenvalue weighted by molar-refractivity contribution is 5.82. The van der Waals surface area contributed by atoms with Crippen molar-refractivity contribution in [3.63, 3.8) is 0 Å². The Morgan fingerprint density at radius 3 is 1.25 bits per heavy atom. The monoisotopic (exact) mass is 977 g/mol. The van der Waals surface area contributed by atoms with E-state index in [1.165, 1.54) is 22.3 Å². The second-order valence-corrected chi connectivity index (χ2v) is 22.9. The van der Waals surface area contributed by atoms with Crippen LogP contribution in [0, 0.1) is 23.7 Å². The van der Waals surface area contributed by atoms with Crippen LogP contribution in [0.4, 0.5) is 11.4 Å². The number of carbonyl (C=O) groups is 2. The number of carbonyl (C=O) groups excluding carboxylic acids is 2. The molecule has 72 heavy (non-hydrogen) atoms. The van der Waals surface area contributed by atoms with E-state index in [1.54, 1.807) is 0 Å². The van der Waals surface area contributed by atoms with Crippen LogP contribution in [0.2, 0.25) is 0 Å². The number of hydrogen-bond acceptors (Lipinski definition) is 10. The van der Waals surface area contributed by atoms with Gasteiger partial charge in [-0.3, -0.25) is 19.6 Å². The number of nitrogens with zero attached hydrogens (tertiary/aromatic N) is 4. The number of rotatable bonds is 6. The van der Waals surface area contributed by atoms with Gasteiger partial charge in [-0.2, -0.15) is 0 Å². The van der Waals surface area contributed by atoms with E-state index in [0.29, 0.717) is 0 Å². The molecular formula is C60H76N6O6-2. The molecule has 6 aliphatic rings. The second kappa shape index (κ2) is 22.0. The fourth-order valence-corrected chi connectivity index (χ4v) is 12.7. The van der Waals surface area contributed by atoms with Crippen molar-refractivity contribution in [1.29, 1.82) is 0 Å². The van der Waals surface area contributed by atoms with Crippen molar-refractivity contribution in [2.45, 2.75) is 166 Å².